The Hall–Kier alpha value is -2.67. The first kappa shape index (κ1) is 19.1. The molecule has 3 rings (SSSR count). The number of benzene rings is 1. The Morgan fingerprint density at radius 1 is 1.33 bits per heavy atom. The van der Waals surface area contributed by atoms with Crippen molar-refractivity contribution >= 4 is 11.8 Å². The average Bonchev–Trinajstić information content (AvgIpc) is 3.17. The van der Waals surface area contributed by atoms with Crippen molar-refractivity contribution in [2.75, 3.05) is 33.4 Å². The summed E-state index contributed by atoms with van der Waals surface area (Å²) in [4.78, 5) is 26.1. The molecule has 1 aliphatic rings. The molecule has 1 N–H and O–H groups in total. The fourth-order valence-electron chi connectivity index (χ4n) is 3.23. The van der Waals surface area contributed by atoms with Gasteiger partial charge in [0.2, 0.25) is 11.8 Å². The summed E-state index contributed by atoms with van der Waals surface area (Å²) in [5, 5.41) is 7.36. The van der Waals surface area contributed by atoms with E-state index in [9.17, 15) is 9.59 Å². The number of methoxy groups -OCH3 is 1. The third kappa shape index (κ3) is 5.17. The summed E-state index contributed by atoms with van der Waals surface area (Å²) in [6.07, 6.45) is 5.56. The molecule has 0 unspecified atom stereocenters. The largest absolute Gasteiger partial charge is 0.383 e. The lowest BCUT2D eigenvalue weighted by molar-refractivity contribution is -0.138. The predicted octanol–water partition coefficient (Wildman–Crippen LogP) is 1.42. The summed E-state index contributed by atoms with van der Waals surface area (Å²) in [5.41, 5.74) is 2.08. The second-order valence-electron chi connectivity index (χ2n) is 6.74. The van der Waals surface area contributed by atoms with E-state index in [0.29, 0.717) is 39.1 Å². The fourth-order valence-corrected chi connectivity index (χ4v) is 3.23. The molecule has 1 saturated heterocycles. The molecular weight excluding hydrogens is 344 g/mol. The normalized spacial score (nSPS) is 17.1. The maximum Gasteiger partial charge on any atom is 0.224 e. The van der Waals surface area contributed by atoms with E-state index < -0.39 is 0 Å². The number of likely N-dealkylation sites (tertiary alicyclic amines) is 1. The van der Waals surface area contributed by atoms with E-state index in [1.807, 2.05) is 47.4 Å². The first-order valence-corrected chi connectivity index (χ1v) is 9.31. The molecule has 0 bridgehead atoms. The van der Waals surface area contributed by atoms with Gasteiger partial charge in [0.25, 0.3) is 0 Å². The Morgan fingerprint density at radius 2 is 2.15 bits per heavy atom. The number of hydrogen-bond acceptors (Lipinski definition) is 4. The minimum absolute atomic E-state index is 0.0142. The van der Waals surface area contributed by atoms with Crippen molar-refractivity contribution in [2.24, 2.45) is 5.92 Å². The topological polar surface area (TPSA) is 76.5 Å². The first-order valence-electron chi connectivity index (χ1n) is 9.31. The summed E-state index contributed by atoms with van der Waals surface area (Å²) in [5.74, 6) is -0.0311. The molecule has 1 fully saturated rings. The number of carbonyl (C=O) groups excluding carboxylic acids is 2. The molecule has 0 aliphatic carbocycles. The Morgan fingerprint density at radius 3 is 2.93 bits per heavy atom. The Kier molecular flexibility index (Phi) is 6.59. The first-order chi connectivity index (χ1) is 13.2. The summed E-state index contributed by atoms with van der Waals surface area (Å²) in [6.45, 7) is 2.06. The van der Waals surface area contributed by atoms with E-state index in [-0.39, 0.29) is 17.7 Å². The van der Waals surface area contributed by atoms with Crippen LogP contribution in [0.15, 0.2) is 42.7 Å². The van der Waals surface area contributed by atoms with Crippen LogP contribution in [0, 0.1) is 5.92 Å². The highest BCUT2D eigenvalue weighted by atomic mass is 16.5. The van der Waals surface area contributed by atoms with Crippen LogP contribution >= 0.6 is 0 Å². The highest BCUT2D eigenvalue weighted by Crippen LogP contribution is 2.17. The summed E-state index contributed by atoms with van der Waals surface area (Å²) >= 11 is 0. The van der Waals surface area contributed by atoms with Crippen molar-refractivity contribution in [2.45, 2.75) is 19.3 Å². The third-order valence-electron chi connectivity index (χ3n) is 4.81. The Bertz CT molecular complexity index is 760. The lowest BCUT2D eigenvalue weighted by atomic mass is 9.96. The molecule has 1 aromatic heterocycles. The van der Waals surface area contributed by atoms with E-state index in [1.54, 1.807) is 12.0 Å². The molecular formula is C20H26N4O3. The number of rotatable bonds is 8. The lowest BCUT2D eigenvalue weighted by Gasteiger charge is -2.31. The van der Waals surface area contributed by atoms with Crippen LogP contribution in [0.3, 0.4) is 0 Å². The van der Waals surface area contributed by atoms with E-state index in [1.165, 1.54) is 0 Å². The van der Waals surface area contributed by atoms with Crippen LogP contribution < -0.4 is 5.32 Å². The number of carbonyl (C=O) groups is 2. The maximum atomic E-state index is 12.4. The summed E-state index contributed by atoms with van der Waals surface area (Å²) in [7, 11) is 1.61. The van der Waals surface area contributed by atoms with Crippen LogP contribution in [-0.4, -0.2) is 59.8 Å². The van der Waals surface area contributed by atoms with Crippen molar-refractivity contribution in [3.8, 4) is 5.69 Å². The van der Waals surface area contributed by atoms with Crippen LogP contribution in [-0.2, 0) is 20.7 Å². The molecule has 0 spiro atoms. The molecule has 0 radical (unpaired) electrons. The van der Waals surface area contributed by atoms with Gasteiger partial charge in [-0.15, -0.1) is 0 Å². The lowest BCUT2D eigenvalue weighted by Crippen LogP contribution is -2.47. The van der Waals surface area contributed by atoms with Crippen LogP contribution in [0.25, 0.3) is 5.69 Å². The SMILES string of the molecule is COCCN1C[C@H](C(=O)NCCc2cnn(-c3ccccc3)c2)CCC1=O. The van der Waals surface area contributed by atoms with Gasteiger partial charge in [0.15, 0.2) is 0 Å². The van der Waals surface area contributed by atoms with Gasteiger partial charge in [-0.05, 0) is 30.5 Å². The molecule has 1 aliphatic heterocycles. The van der Waals surface area contributed by atoms with Crippen molar-refractivity contribution in [3.05, 3.63) is 48.3 Å². The van der Waals surface area contributed by atoms with Crippen molar-refractivity contribution < 1.29 is 14.3 Å². The van der Waals surface area contributed by atoms with Crippen LogP contribution in [0.2, 0.25) is 0 Å². The van der Waals surface area contributed by atoms with Crippen molar-refractivity contribution in [1.29, 1.82) is 0 Å². The number of amides is 2. The number of nitrogens with one attached hydrogen (secondary N) is 1. The number of para-hydroxylation sites is 1. The minimum atomic E-state index is -0.147. The number of ether oxygens (including phenoxy) is 1. The van der Waals surface area contributed by atoms with Crippen LogP contribution in [0.1, 0.15) is 18.4 Å². The van der Waals surface area contributed by atoms with Crippen molar-refractivity contribution in [3.63, 3.8) is 0 Å². The zero-order valence-corrected chi connectivity index (χ0v) is 15.6. The molecule has 2 amide bonds. The monoisotopic (exact) mass is 370 g/mol. The molecule has 2 heterocycles. The van der Waals surface area contributed by atoms with Crippen LogP contribution in [0.5, 0.6) is 0 Å². The van der Waals surface area contributed by atoms with Gasteiger partial charge in [-0.3, -0.25) is 9.59 Å². The number of hydrogen-bond donors (Lipinski definition) is 1. The van der Waals surface area contributed by atoms with E-state index in [4.69, 9.17) is 4.74 Å². The minimum Gasteiger partial charge on any atom is -0.383 e. The van der Waals surface area contributed by atoms with Gasteiger partial charge in [-0.2, -0.15) is 5.10 Å². The molecule has 7 nitrogen and oxygen atoms in total. The van der Waals surface area contributed by atoms with Gasteiger partial charge in [-0.1, -0.05) is 18.2 Å². The van der Waals surface area contributed by atoms with Gasteiger partial charge in [0.05, 0.1) is 24.4 Å². The molecule has 144 valence electrons. The maximum absolute atomic E-state index is 12.4. The number of aromatic nitrogens is 2. The zero-order valence-electron chi connectivity index (χ0n) is 15.6. The van der Waals surface area contributed by atoms with Gasteiger partial charge < -0.3 is 15.0 Å². The van der Waals surface area contributed by atoms with Crippen LogP contribution in [0.4, 0.5) is 0 Å². The van der Waals surface area contributed by atoms with Gasteiger partial charge in [-0.25, -0.2) is 4.68 Å². The highest BCUT2D eigenvalue weighted by molar-refractivity contribution is 5.83. The standard InChI is InChI=1S/C20H26N4O3/c1-27-12-11-23-15-17(7-8-19(23)25)20(26)21-10-9-16-13-22-24(14-16)18-5-3-2-4-6-18/h2-6,13-14,17H,7-12,15H2,1H3,(H,21,26)/t17-/m1/s1. The van der Waals surface area contributed by atoms with Crippen molar-refractivity contribution in [1.82, 2.24) is 20.0 Å². The second kappa shape index (κ2) is 9.32. The molecule has 0 saturated carbocycles. The summed E-state index contributed by atoms with van der Waals surface area (Å²) in [6, 6.07) is 9.92. The molecule has 2 aromatic rings. The second-order valence-corrected chi connectivity index (χ2v) is 6.74. The molecule has 1 aromatic carbocycles. The molecule has 1 atom stereocenters. The number of piperidine rings is 1. The highest BCUT2D eigenvalue weighted by Gasteiger charge is 2.29. The van der Waals surface area contributed by atoms with Gasteiger partial charge in [0, 0.05) is 39.4 Å². The Labute approximate surface area is 159 Å². The van der Waals surface area contributed by atoms with E-state index in [2.05, 4.69) is 10.4 Å². The van der Waals surface area contributed by atoms with E-state index in [0.717, 1.165) is 17.7 Å². The Balaban J connectivity index is 1.45. The molecule has 27 heavy (non-hydrogen) atoms. The summed E-state index contributed by atoms with van der Waals surface area (Å²) < 4.78 is 6.87. The van der Waals surface area contributed by atoms with Gasteiger partial charge >= 0.3 is 0 Å². The molecule has 7 heteroatoms. The zero-order chi connectivity index (χ0) is 19.1. The van der Waals surface area contributed by atoms with Gasteiger partial charge in [0.1, 0.15) is 0 Å². The number of nitrogens with zero attached hydrogens (tertiary/aromatic N) is 3. The fraction of sp³-hybridized carbons (Fsp3) is 0.450. The predicted molar refractivity (Wildman–Crippen MR) is 101 cm³/mol. The quantitative estimate of drug-likeness (QED) is 0.762. The smallest absolute Gasteiger partial charge is 0.224 e. The average molecular weight is 370 g/mol. The van der Waals surface area contributed by atoms with E-state index >= 15 is 0 Å². The third-order valence-corrected chi connectivity index (χ3v) is 4.81.